The van der Waals surface area contributed by atoms with Crippen molar-refractivity contribution in [2.45, 2.75) is 13.8 Å². The number of anilines is 1. The number of hydrogen-bond acceptors (Lipinski definition) is 4. The standard InChI is InChI=1S/C10H15ClN4O/c1-6(2)7(4-12)10(16)15-9-3-8(11)13-5-14-9/h3,5-7H,4,12H2,1-2H3,(H,13,14,15,16). The van der Waals surface area contributed by atoms with Crippen LogP contribution >= 0.6 is 11.6 Å². The molecule has 1 atom stereocenters. The summed E-state index contributed by atoms with van der Waals surface area (Å²) in [4.78, 5) is 19.4. The van der Waals surface area contributed by atoms with Gasteiger partial charge in [-0.05, 0) is 5.92 Å². The second-order valence-electron chi connectivity index (χ2n) is 3.80. The summed E-state index contributed by atoms with van der Waals surface area (Å²) in [5.74, 6) is 0.201. The van der Waals surface area contributed by atoms with Gasteiger partial charge in [-0.25, -0.2) is 9.97 Å². The first-order valence-electron chi connectivity index (χ1n) is 5.03. The average molecular weight is 243 g/mol. The van der Waals surface area contributed by atoms with Crippen LogP contribution in [-0.4, -0.2) is 22.4 Å². The van der Waals surface area contributed by atoms with Crippen LogP contribution in [0.2, 0.25) is 5.15 Å². The van der Waals surface area contributed by atoms with Crippen LogP contribution in [0.5, 0.6) is 0 Å². The predicted octanol–water partition coefficient (Wildman–Crippen LogP) is 1.30. The average Bonchev–Trinajstić information content (AvgIpc) is 2.17. The van der Waals surface area contributed by atoms with E-state index < -0.39 is 0 Å². The van der Waals surface area contributed by atoms with E-state index in [1.165, 1.54) is 12.4 Å². The zero-order valence-electron chi connectivity index (χ0n) is 9.27. The number of carbonyl (C=O) groups excluding carboxylic acids is 1. The van der Waals surface area contributed by atoms with Gasteiger partial charge in [0.05, 0.1) is 5.92 Å². The molecule has 0 bridgehead atoms. The van der Waals surface area contributed by atoms with E-state index in [1.807, 2.05) is 13.8 Å². The Kier molecular flexibility index (Phi) is 4.64. The van der Waals surface area contributed by atoms with E-state index in [2.05, 4.69) is 15.3 Å². The lowest BCUT2D eigenvalue weighted by molar-refractivity contribution is -0.120. The lowest BCUT2D eigenvalue weighted by Crippen LogP contribution is -2.33. The molecule has 0 aromatic carbocycles. The molecule has 1 aromatic rings. The highest BCUT2D eigenvalue weighted by atomic mass is 35.5. The van der Waals surface area contributed by atoms with Crippen LogP contribution in [0.3, 0.4) is 0 Å². The highest BCUT2D eigenvalue weighted by Crippen LogP contribution is 2.14. The maximum Gasteiger partial charge on any atom is 0.230 e. The molecule has 6 heteroatoms. The van der Waals surface area contributed by atoms with Gasteiger partial charge in [-0.15, -0.1) is 0 Å². The fraction of sp³-hybridized carbons (Fsp3) is 0.500. The van der Waals surface area contributed by atoms with Gasteiger partial charge in [-0.1, -0.05) is 25.4 Å². The van der Waals surface area contributed by atoms with Gasteiger partial charge in [0, 0.05) is 12.6 Å². The van der Waals surface area contributed by atoms with Crippen molar-refractivity contribution in [3.05, 3.63) is 17.5 Å². The normalized spacial score (nSPS) is 12.6. The van der Waals surface area contributed by atoms with Crippen molar-refractivity contribution in [3.63, 3.8) is 0 Å². The Morgan fingerprint density at radius 1 is 1.56 bits per heavy atom. The predicted molar refractivity (Wildman–Crippen MR) is 63.1 cm³/mol. The monoisotopic (exact) mass is 242 g/mol. The van der Waals surface area contributed by atoms with Crippen molar-refractivity contribution >= 4 is 23.3 Å². The number of nitrogens with one attached hydrogen (secondary N) is 1. The van der Waals surface area contributed by atoms with Crippen molar-refractivity contribution < 1.29 is 4.79 Å². The van der Waals surface area contributed by atoms with Gasteiger partial charge in [0.2, 0.25) is 5.91 Å². The number of hydrogen-bond donors (Lipinski definition) is 2. The summed E-state index contributed by atoms with van der Waals surface area (Å²) in [5, 5.41) is 2.95. The lowest BCUT2D eigenvalue weighted by atomic mass is 9.95. The summed E-state index contributed by atoms with van der Waals surface area (Å²) >= 11 is 5.68. The van der Waals surface area contributed by atoms with Crippen molar-refractivity contribution in [2.75, 3.05) is 11.9 Å². The first-order valence-corrected chi connectivity index (χ1v) is 5.41. The van der Waals surface area contributed by atoms with E-state index >= 15 is 0 Å². The number of amides is 1. The van der Waals surface area contributed by atoms with E-state index in [4.69, 9.17) is 17.3 Å². The highest BCUT2D eigenvalue weighted by Gasteiger charge is 2.20. The molecule has 0 saturated heterocycles. The molecule has 5 nitrogen and oxygen atoms in total. The summed E-state index contributed by atoms with van der Waals surface area (Å²) in [5.41, 5.74) is 5.54. The maximum absolute atomic E-state index is 11.8. The molecule has 3 N–H and O–H groups in total. The van der Waals surface area contributed by atoms with Gasteiger partial charge in [-0.2, -0.15) is 0 Å². The van der Waals surface area contributed by atoms with E-state index in [-0.39, 0.29) is 17.7 Å². The maximum atomic E-state index is 11.8. The molecule has 88 valence electrons. The van der Waals surface area contributed by atoms with Gasteiger partial charge in [0.1, 0.15) is 17.3 Å². The molecule has 16 heavy (non-hydrogen) atoms. The van der Waals surface area contributed by atoms with Gasteiger partial charge in [-0.3, -0.25) is 4.79 Å². The van der Waals surface area contributed by atoms with Gasteiger partial charge >= 0.3 is 0 Å². The fourth-order valence-electron chi connectivity index (χ4n) is 1.30. The summed E-state index contributed by atoms with van der Waals surface area (Å²) in [6, 6.07) is 1.49. The van der Waals surface area contributed by atoms with Gasteiger partial charge in [0.25, 0.3) is 0 Å². The summed E-state index contributed by atoms with van der Waals surface area (Å²) in [6.07, 6.45) is 1.30. The van der Waals surface area contributed by atoms with Crippen LogP contribution in [0.25, 0.3) is 0 Å². The molecule has 1 aromatic heterocycles. The van der Waals surface area contributed by atoms with Crippen LogP contribution in [0.15, 0.2) is 12.4 Å². The molecule has 1 unspecified atom stereocenters. The topological polar surface area (TPSA) is 80.9 Å². The molecular formula is C10H15ClN4O. The molecule has 1 rings (SSSR count). The molecule has 0 aliphatic carbocycles. The van der Waals surface area contributed by atoms with Crippen LogP contribution < -0.4 is 11.1 Å². The minimum atomic E-state index is -0.228. The Labute approximate surface area is 99.4 Å². The summed E-state index contributed by atoms with van der Waals surface area (Å²) < 4.78 is 0. The van der Waals surface area contributed by atoms with E-state index in [1.54, 1.807) is 0 Å². The van der Waals surface area contributed by atoms with Crippen LogP contribution in [-0.2, 0) is 4.79 Å². The second kappa shape index (κ2) is 5.77. The van der Waals surface area contributed by atoms with E-state index in [0.717, 1.165) is 0 Å². The Hall–Kier alpha value is -1.20. The minimum absolute atomic E-state index is 0.146. The fourth-order valence-corrected chi connectivity index (χ4v) is 1.45. The summed E-state index contributed by atoms with van der Waals surface area (Å²) in [7, 11) is 0. The first kappa shape index (κ1) is 12.9. The smallest absolute Gasteiger partial charge is 0.230 e. The largest absolute Gasteiger partial charge is 0.330 e. The first-order chi connectivity index (χ1) is 7.54. The molecule has 1 amide bonds. The number of halogens is 1. The quantitative estimate of drug-likeness (QED) is 0.780. The van der Waals surface area contributed by atoms with Gasteiger partial charge in [0.15, 0.2) is 0 Å². The Morgan fingerprint density at radius 2 is 2.25 bits per heavy atom. The summed E-state index contributed by atoms with van der Waals surface area (Å²) in [6.45, 7) is 4.20. The molecule has 0 saturated carbocycles. The Bertz CT molecular complexity index is 370. The van der Waals surface area contributed by atoms with Crippen molar-refractivity contribution in [1.82, 2.24) is 9.97 Å². The van der Waals surface area contributed by atoms with Crippen LogP contribution in [0.4, 0.5) is 5.82 Å². The Balaban J connectivity index is 2.70. The second-order valence-corrected chi connectivity index (χ2v) is 4.19. The molecule has 1 heterocycles. The van der Waals surface area contributed by atoms with Crippen molar-refractivity contribution in [3.8, 4) is 0 Å². The Morgan fingerprint density at radius 3 is 2.75 bits per heavy atom. The third kappa shape index (κ3) is 3.43. The zero-order valence-corrected chi connectivity index (χ0v) is 10.0. The molecule has 0 aliphatic heterocycles. The van der Waals surface area contributed by atoms with Crippen molar-refractivity contribution in [1.29, 1.82) is 0 Å². The lowest BCUT2D eigenvalue weighted by Gasteiger charge is -2.17. The number of nitrogens with zero attached hydrogens (tertiary/aromatic N) is 2. The number of nitrogens with two attached hydrogens (primary N) is 1. The van der Waals surface area contributed by atoms with E-state index in [9.17, 15) is 4.79 Å². The molecular weight excluding hydrogens is 228 g/mol. The molecule has 0 fully saturated rings. The zero-order chi connectivity index (χ0) is 12.1. The van der Waals surface area contributed by atoms with Crippen LogP contribution in [0.1, 0.15) is 13.8 Å². The third-order valence-corrected chi connectivity index (χ3v) is 2.49. The van der Waals surface area contributed by atoms with E-state index in [0.29, 0.717) is 17.5 Å². The SMILES string of the molecule is CC(C)C(CN)C(=O)Nc1cc(Cl)ncn1. The number of rotatable bonds is 4. The molecule has 0 spiro atoms. The number of aromatic nitrogens is 2. The minimum Gasteiger partial charge on any atom is -0.330 e. The van der Waals surface area contributed by atoms with Crippen LogP contribution in [0, 0.1) is 11.8 Å². The van der Waals surface area contributed by atoms with Gasteiger partial charge < -0.3 is 11.1 Å². The molecule has 0 radical (unpaired) electrons. The third-order valence-electron chi connectivity index (χ3n) is 2.28. The van der Waals surface area contributed by atoms with Crippen molar-refractivity contribution in [2.24, 2.45) is 17.6 Å². The molecule has 0 aliphatic rings. The number of carbonyl (C=O) groups is 1. The highest BCUT2D eigenvalue weighted by molar-refractivity contribution is 6.29.